The monoisotopic (exact) mass is 357 g/mol. The van der Waals surface area contributed by atoms with Gasteiger partial charge in [0.2, 0.25) is 0 Å². The molecule has 6 heteroatoms. The lowest BCUT2D eigenvalue weighted by Crippen LogP contribution is -2.32. The zero-order valence-corrected chi connectivity index (χ0v) is 15.8. The van der Waals surface area contributed by atoms with Crippen molar-refractivity contribution in [3.05, 3.63) is 48.0 Å². The predicted octanol–water partition coefficient (Wildman–Crippen LogP) is 3.47. The second-order valence-electron chi connectivity index (χ2n) is 5.71. The van der Waals surface area contributed by atoms with Crippen LogP contribution in [0.5, 0.6) is 17.2 Å². The first-order valence-electron chi connectivity index (χ1n) is 8.55. The molecule has 0 spiro atoms. The highest BCUT2D eigenvalue weighted by Crippen LogP contribution is 2.29. The maximum absolute atomic E-state index is 5.72. The van der Waals surface area contributed by atoms with Gasteiger partial charge in [0.05, 0.1) is 20.8 Å². The highest BCUT2D eigenvalue weighted by molar-refractivity contribution is 5.93. The number of guanidine groups is 1. The molecule has 0 aliphatic carbocycles. The molecule has 0 atom stereocenters. The van der Waals surface area contributed by atoms with Gasteiger partial charge in [0.1, 0.15) is 5.75 Å². The first-order chi connectivity index (χ1) is 12.7. The van der Waals surface area contributed by atoms with Gasteiger partial charge in [-0.2, -0.15) is 0 Å². The molecule has 0 unspecified atom stereocenters. The third-order valence-corrected chi connectivity index (χ3v) is 3.77. The summed E-state index contributed by atoms with van der Waals surface area (Å²) < 4.78 is 16.3. The van der Waals surface area contributed by atoms with Crippen molar-refractivity contribution in [2.45, 2.75) is 13.3 Å². The molecule has 0 heterocycles. The lowest BCUT2D eigenvalue weighted by Gasteiger charge is -2.14. The van der Waals surface area contributed by atoms with E-state index in [1.807, 2.05) is 42.5 Å². The van der Waals surface area contributed by atoms with Gasteiger partial charge in [-0.05, 0) is 37.6 Å². The van der Waals surface area contributed by atoms with Gasteiger partial charge in [-0.3, -0.25) is 4.99 Å². The van der Waals surface area contributed by atoms with Crippen LogP contribution in [-0.4, -0.2) is 40.4 Å². The second kappa shape index (κ2) is 10.2. The van der Waals surface area contributed by atoms with Crippen molar-refractivity contribution in [2.75, 3.05) is 39.7 Å². The van der Waals surface area contributed by atoms with Crippen molar-refractivity contribution in [1.82, 2.24) is 5.32 Å². The minimum absolute atomic E-state index is 0.642. The Hall–Kier alpha value is -2.89. The van der Waals surface area contributed by atoms with Crippen LogP contribution in [0.4, 0.5) is 5.69 Å². The smallest absolute Gasteiger partial charge is 0.195 e. The molecule has 6 nitrogen and oxygen atoms in total. The number of benzene rings is 2. The van der Waals surface area contributed by atoms with Crippen molar-refractivity contribution in [1.29, 1.82) is 0 Å². The molecule has 2 N–H and O–H groups in total. The summed E-state index contributed by atoms with van der Waals surface area (Å²) in [6.07, 6.45) is 0.862. The van der Waals surface area contributed by atoms with Crippen molar-refractivity contribution in [3.8, 4) is 17.2 Å². The molecule has 0 saturated heterocycles. The zero-order chi connectivity index (χ0) is 18.8. The van der Waals surface area contributed by atoms with E-state index < -0.39 is 0 Å². The van der Waals surface area contributed by atoms with Crippen molar-refractivity contribution < 1.29 is 14.2 Å². The fourth-order valence-electron chi connectivity index (χ4n) is 2.33. The van der Waals surface area contributed by atoms with E-state index in [1.54, 1.807) is 21.3 Å². The van der Waals surface area contributed by atoms with Crippen LogP contribution < -0.4 is 24.8 Å². The summed E-state index contributed by atoms with van der Waals surface area (Å²) in [4.78, 5) is 4.23. The number of aliphatic imine (C=N–C) groups is 1. The molecular weight excluding hydrogens is 330 g/mol. The van der Waals surface area contributed by atoms with Crippen LogP contribution in [0.3, 0.4) is 0 Å². The van der Waals surface area contributed by atoms with Gasteiger partial charge in [0.25, 0.3) is 0 Å². The molecule has 0 amide bonds. The van der Waals surface area contributed by atoms with Crippen LogP contribution in [0.25, 0.3) is 0 Å². The highest BCUT2D eigenvalue weighted by Gasteiger charge is 2.06. The molecular formula is C20H27N3O3. The number of rotatable bonds is 8. The molecule has 26 heavy (non-hydrogen) atoms. The van der Waals surface area contributed by atoms with Gasteiger partial charge in [-0.1, -0.05) is 17.7 Å². The van der Waals surface area contributed by atoms with Gasteiger partial charge in [0, 0.05) is 25.3 Å². The Bertz CT molecular complexity index is 715. The highest BCUT2D eigenvalue weighted by atomic mass is 16.5. The number of hydrogen-bond acceptors (Lipinski definition) is 4. The minimum Gasteiger partial charge on any atom is -0.494 e. The quantitative estimate of drug-likeness (QED) is 0.430. The van der Waals surface area contributed by atoms with E-state index in [0.29, 0.717) is 24.1 Å². The Morgan fingerprint density at radius 3 is 2.38 bits per heavy atom. The lowest BCUT2D eigenvalue weighted by molar-refractivity contribution is 0.311. The summed E-state index contributed by atoms with van der Waals surface area (Å²) >= 11 is 0. The van der Waals surface area contributed by atoms with Gasteiger partial charge in [-0.15, -0.1) is 0 Å². The largest absolute Gasteiger partial charge is 0.494 e. The zero-order valence-electron chi connectivity index (χ0n) is 15.8. The minimum atomic E-state index is 0.642. The van der Waals surface area contributed by atoms with E-state index in [-0.39, 0.29) is 0 Å². The summed E-state index contributed by atoms with van der Waals surface area (Å²) in [5.41, 5.74) is 2.09. The number of methoxy groups -OCH3 is 2. The number of ether oxygens (including phenoxy) is 3. The molecule has 0 saturated carbocycles. The first kappa shape index (κ1) is 19.4. The van der Waals surface area contributed by atoms with E-state index in [0.717, 1.165) is 24.4 Å². The maximum Gasteiger partial charge on any atom is 0.195 e. The normalized spacial score (nSPS) is 11.0. The summed E-state index contributed by atoms with van der Waals surface area (Å²) in [6, 6.07) is 13.7. The molecule has 0 radical (unpaired) electrons. The van der Waals surface area contributed by atoms with Crippen molar-refractivity contribution in [3.63, 3.8) is 0 Å². The Kier molecular flexibility index (Phi) is 7.61. The molecule has 0 bridgehead atoms. The van der Waals surface area contributed by atoms with Crippen molar-refractivity contribution >= 4 is 11.6 Å². The fraction of sp³-hybridized carbons (Fsp3) is 0.350. The second-order valence-corrected chi connectivity index (χ2v) is 5.71. The van der Waals surface area contributed by atoms with Gasteiger partial charge in [-0.25, -0.2) is 0 Å². The van der Waals surface area contributed by atoms with Crippen LogP contribution in [0.15, 0.2) is 47.5 Å². The molecule has 0 aromatic heterocycles. The molecule has 0 aliphatic heterocycles. The van der Waals surface area contributed by atoms with Crippen LogP contribution in [0, 0.1) is 6.92 Å². The fourth-order valence-corrected chi connectivity index (χ4v) is 2.33. The van der Waals surface area contributed by atoms with Gasteiger partial charge >= 0.3 is 0 Å². The van der Waals surface area contributed by atoms with E-state index in [9.17, 15) is 0 Å². The topological polar surface area (TPSA) is 64.1 Å². The van der Waals surface area contributed by atoms with Gasteiger partial charge in [0.15, 0.2) is 17.5 Å². The predicted molar refractivity (Wildman–Crippen MR) is 106 cm³/mol. The SMILES string of the molecule is CN=C(NCCCOc1ccc(C)cc1)Nc1ccc(OC)c(OC)c1. The molecule has 2 rings (SSSR count). The number of aryl methyl sites for hydroxylation is 1. The van der Waals surface area contributed by atoms with Crippen LogP contribution >= 0.6 is 0 Å². The molecule has 2 aromatic rings. The Labute approximate surface area is 155 Å². The maximum atomic E-state index is 5.72. The molecule has 0 aliphatic rings. The molecule has 140 valence electrons. The van der Waals surface area contributed by atoms with Gasteiger partial charge < -0.3 is 24.8 Å². The van der Waals surface area contributed by atoms with Crippen LogP contribution in [0.2, 0.25) is 0 Å². The average molecular weight is 357 g/mol. The van der Waals surface area contributed by atoms with Crippen LogP contribution in [-0.2, 0) is 0 Å². The Morgan fingerprint density at radius 2 is 1.73 bits per heavy atom. The van der Waals surface area contributed by atoms with Crippen LogP contribution in [0.1, 0.15) is 12.0 Å². The number of nitrogens with one attached hydrogen (secondary N) is 2. The summed E-state index contributed by atoms with van der Waals surface area (Å²) in [6.45, 7) is 3.45. The number of hydrogen-bond donors (Lipinski definition) is 2. The van der Waals surface area contributed by atoms with E-state index in [1.165, 1.54) is 5.56 Å². The Morgan fingerprint density at radius 1 is 1.00 bits per heavy atom. The third kappa shape index (κ3) is 5.88. The molecule has 2 aromatic carbocycles. The lowest BCUT2D eigenvalue weighted by atomic mass is 10.2. The first-order valence-corrected chi connectivity index (χ1v) is 8.55. The standard InChI is InChI=1S/C20H27N3O3/c1-15-6-9-17(10-7-15)26-13-5-12-22-20(21-2)23-16-8-11-18(24-3)19(14-16)25-4/h6-11,14H,5,12-13H2,1-4H3,(H2,21,22,23). The third-order valence-electron chi connectivity index (χ3n) is 3.77. The molecule has 0 fully saturated rings. The van der Waals surface area contributed by atoms with E-state index in [4.69, 9.17) is 14.2 Å². The van der Waals surface area contributed by atoms with E-state index in [2.05, 4.69) is 22.5 Å². The summed E-state index contributed by atoms with van der Waals surface area (Å²) in [5.74, 6) is 2.93. The Balaban J connectivity index is 1.76. The summed E-state index contributed by atoms with van der Waals surface area (Å²) in [7, 11) is 4.96. The number of nitrogens with zero attached hydrogens (tertiary/aromatic N) is 1. The van der Waals surface area contributed by atoms with E-state index >= 15 is 0 Å². The number of anilines is 1. The average Bonchev–Trinajstić information content (AvgIpc) is 2.68. The van der Waals surface area contributed by atoms with Crippen molar-refractivity contribution in [2.24, 2.45) is 4.99 Å². The summed E-state index contributed by atoms with van der Waals surface area (Å²) in [5, 5.41) is 6.50.